The standard InChI is InChI=1S/C20H41N/c1-2-3-4-5-6-7-8-9-10-11-12-13-14-15-16-17-18-19-20-21/h19-20H,2-18,21H2,1H3/i/hD. The zero-order chi connectivity index (χ0) is 16.1. The normalized spacial score (nSPS) is 12.0. The minimum Gasteiger partial charge on any atom is -0.405 e. The molecule has 0 bridgehead atoms. The molecule has 2 N–H and O–H groups in total. The maximum Gasteiger partial charge on any atom is 0.156 e. The Morgan fingerprint density at radius 3 is 1.38 bits per heavy atom. The molecule has 0 aromatic carbocycles. The van der Waals surface area contributed by atoms with Gasteiger partial charge >= 0.3 is 0 Å². The van der Waals surface area contributed by atoms with E-state index in [9.17, 15) is 0 Å². The molecule has 1 heteroatoms. The van der Waals surface area contributed by atoms with Crippen molar-refractivity contribution < 1.29 is 1.41 Å². The Balaban J connectivity index is 2.95. The number of hydrogen-bond acceptors (Lipinski definition) is 1. The summed E-state index contributed by atoms with van der Waals surface area (Å²) < 4.78 is 6.76. The summed E-state index contributed by atoms with van der Waals surface area (Å²) in [6.07, 6.45) is 27.7. The van der Waals surface area contributed by atoms with Crippen molar-refractivity contribution >= 4 is 0 Å². The van der Waals surface area contributed by atoms with Crippen LogP contribution in [-0.4, -0.2) is 0 Å². The third kappa shape index (κ3) is 19.5. The highest BCUT2D eigenvalue weighted by Crippen LogP contribution is 2.13. The minimum atomic E-state index is 1.12. The van der Waals surface area contributed by atoms with Crippen LogP contribution in [0.4, 0.5) is 0 Å². The molecule has 0 unspecified atom stereocenters. The smallest absolute Gasteiger partial charge is 0.156 e. The zero-order valence-electron chi connectivity index (χ0n) is 15.7. The molecule has 1 nitrogen and oxygen atoms in total. The highest BCUT2D eigenvalue weighted by atomic mass is 14.5. The van der Waals surface area contributed by atoms with E-state index in [0.29, 0.717) is 0 Å². The summed E-state index contributed by atoms with van der Waals surface area (Å²) in [4.78, 5) is 0. The molecule has 0 spiro atoms. The maximum atomic E-state index is 6.76. The van der Waals surface area contributed by atoms with Gasteiger partial charge < -0.3 is 5.73 Å². The molecule has 0 aromatic heterocycles. The van der Waals surface area contributed by atoms with Gasteiger partial charge in [-0.1, -0.05) is 109 Å². The first-order valence-electron chi connectivity index (χ1n) is 10.2. The molecule has 0 aliphatic rings. The van der Waals surface area contributed by atoms with Crippen LogP contribution >= 0.6 is 0 Å². The van der Waals surface area contributed by atoms with E-state index in [1.165, 1.54) is 103 Å². The van der Waals surface area contributed by atoms with Crippen LogP contribution in [0.3, 0.4) is 0 Å². The zero-order valence-corrected chi connectivity index (χ0v) is 14.7. The van der Waals surface area contributed by atoms with Crippen molar-refractivity contribution in [2.24, 2.45) is 5.73 Å². The van der Waals surface area contributed by atoms with Gasteiger partial charge in [-0.15, -0.1) is 0 Å². The van der Waals surface area contributed by atoms with Crippen LogP contribution in [0, 0.1) is 0 Å². The second-order valence-electron chi connectivity index (χ2n) is 6.49. The van der Waals surface area contributed by atoms with Gasteiger partial charge in [-0.25, -0.2) is 0 Å². The van der Waals surface area contributed by atoms with Crippen LogP contribution in [0.25, 0.3) is 0 Å². The Bertz CT molecular complexity index is 216. The minimum absolute atomic E-state index is 1.12. The molecule has 0 atom stereocenters. The van der Waals surface area contributed by atoms with Crippen molar-refractivity contribution in [2.75, 3.05) is 0 Å². The highest BCUT2D eigenvalue weighted by Gasteiger charge is 1.94. The molecule has 0 aromatic rings. The van der Waals surface area contributed by atoms with Gasteiger partial charge in [-0.2, -0.15) is 0 Å². The fraction of sp³-hybridized carbons (Fsp3) is 0.900. The van der Waals surface area contributed by atoms with Crippen molar-refractivity contribution in [3.05, 3.63) is 12.3 Å². The molecule has 0 amide bonds. The van der Waals surface area contributed by atoms with Crippen LogP contribution in [0.1, 0.15) is 116 Å². The van der Waals surface area contributed by atoms with Crippen LogP contribution < -0.4 is 5.73 Å². The molecule has 0 heterocycles. The van der Waals surface area contributed by atoms with E-state index in [1.54, 1.807) is 6.20 Å². The molecule has 126 valence electrons. The number of rotatable bonds is 18. The fourth-order valence-corrected chi connectivity index (χ4v) is 2.89. The second kappa shape index (κ2) is 19.5. The van der Waals surface area contributed by atoms with E-state index in [2.05, 4.69) is 18.7 Å². The predicted octanol–water partition coefficient (Wildman–Crippen LogP) is 7.11. The van der Waals surface area contributed by atoms with E-state index >= 15 is 0 Å². The summed E-state index contributed by atoms with van der Waals surface area (Å²) in [5.74, 6) is 0. The predicted molar refractivity (Wildman–Crippen MR) is 97.5 cm³/mol. The van der Waals surface area contributed by atoms with E-state index in [4.69, 9.17) is 1.41 Å². The van der Waals surface area contributed by atoms with Gasteiger partial charge in [0.25, 0.3) is 0 Å². The Hall–Kier alpha value is -0.460. The monoisotopic (exact) mass is 296 g/mol. The van der Waals surface area contributed by atoms with Crippen LogP contribution in [0.2, 0.25) is 1.41 Å². The lowest BCUT2D eigenvalue weighted by Gasteiger charge is -2.03. The molecule has 0 fully saturated rings. The molecular formula is C20H41N. The number of nitrogens with two attached hydrogens (primary N) is 1. The topological polar surface area (TPSA) is 26.0 Å². The third-order valence-corrected chi connectivity index (χ3v) is 4.34. The van der Waals surface area contributed by atoms with E-state index in [0.717, 1.165) is 6.42 Å². The SMILES string of the molecule is [2H]NC=CCCCCCCCCCCCCCCCCCC. The van der Waals surface area contributed by atoms with Crippen LogP contribution in [0.15, 0.2) is 12.3 Å². The first kappa shape index (κ1) is 18.6. The highest BCUT2D eigenvalue weighted by molar-refractivity contribution is 4.74. The molecule has 21 heavy (non-hydrogen) atoms. The molecule has 0 aliphatic carbocycles. The average Bonchev–Trinajstić information content (AvgIpc) is 2.54. The van der Waals surface area contributed by atoms with Crippen molar-refractivity contribution in [3.63, 3.8) is 0 Å². The quantitative estimate of drug-likeness (QED) is 0.268. The second-order valence-corrected chi connectivity index (χ2v) is 6.49. The Morgan fingerprint density at radius 1 is 0.619 bits per heavy atom. The molecule has 0 rings (SSSR count). The summed E-state index contributed by atoms with van der Waals surface area (Å²) in [6.45, 7) is 2.29. The Kier molecular flexibility index (Phi) is 17.3. The van der Waals surface area contributed by atoms with Gasteiger partial charge in [0.2, 0.25) is 0 Å². The van der Waals surface area contributed by atoms with Crippen molar-refractivity contribution in [1.82, 2.24) is 0 Å². The van der Waals surface area contributed by atoms with Gasteiger partial charge in [0.1, 0.15) is 0 Å². The summed E-state index contributed by atoms with van der Waals surface area (Å²) >= 11 is 0. The van der Waals surface area contributed by atoms with Crippen LogP contribution in [0.5, 0.6) is 0 Å². The average molecular weight is 297 g/mol. The number of hydrogen-bond donors (Lipinski definition) is 1. The molecule has 0 saturated carbocycles. The number of unbranched alkanes of at least 4 members (excludes halogenated alkanes) is 16. The largest absolute Gasteiger partial charge is 0.405 e. The summed E-state index contributed by atoms with van der Waals surface area (Å²) in [5, 5.41) is 0. The first-order chi connectivity index (χ1) is 10.9. The van der Waals surface area contributed by atoms with Crippen molar-refractivity contribution in [2.45, 2.75) is 116 Å². The van der Waals surface area contributed by atoms with Crippen molar-refractivity contribution in [1.29, 1.82) is 0 Å². The molecular weight excluding hydrogens is 254 g/mol. The van der Waals surface area contributed by atoms with E-state index in [1.807, 2.05) is 0 Å². The van der Waals surface area contributed by atoms with Crippen molar-refractivity contribution in [3.8, 4) is 0 Å². The van der Waals surface area contributed by atoms with E-state index in [-0.39, 0.29) is 0 Å². The van der Waals surface area contributed by atoms with Gasteiger partial charge in [0, 0.05) is 0 Å². The van der Waals surface area contributed by atoms with Gasteiger partial charge in [0.05, 0.1) is 0 Å². The molecule has 0 radical (unpaired) electrons. The van der Waals surface area contributed by atoms with Crippen LogP contribution in [-0.2, 0) is 0 Å². The fourth-order valence-electron chi connectivity index (χ4n) is 2.89. The molecule has 0 aliphatic heterocycles. The Labute approximate surface area is 136 Å². The lowest BCUT2D eigenvalue weighted by molar-refractivity contribution is 0.530. The van der Waals surface area contributed by atoms with Gasteiger partial charge in [0.15, 0.2) is 1.41 Å². The van der Waals surface area contributed by atoms with Gasteiger partial charge in [-0.3, -0.25) is 0 Å². The lowest BCUT2D eigenvalue weighted by Crippen LogP contribution is -1.83. The molecule has 0 saturated heterocycles. The van der Waals surface area contributed by atoms with Gasteiger partial charge in [-0.05, 0) is 19.0 Å². The lowest BCUT2D eigenvalue weighted by atomic mass is 10.0. The maximum absolute atomic E-state index is 6.76. The summed E-state index contributed by atoms with van der Waals surface area (Å²) in [5.41, 5.74) is 2.29. The number of allylic oxidation sites excluding steroid dienone is 1. The first-order valence-corrected chi connectivity index (χ1v) is 9.74. The summed E-state index contributed by atoms with van der Waals surface area (Å²) in [7, 11) is 0. The summed E-state index contributed by atoms with van der Waals surface area (Å²) in [6, 6.07) is 0. The third-order valence-electron chi connectivity index (χ3n) is 4.34. The Morgan fingerprint density at radius 2 is 1.00 bits per heavy atom. The van der Waals surface area contributed by atoms with E-state index < -0.39 is 0 Å².